The normalized spacial score (nSPS) is 12.2. The van der Waals surface area contributed by atoms with Crippen molar-refractivity contribution in [2.45, 2.75) is 45.4 Å². The molecule has 0 saturated carbocycles. The van der Waals surface area contributed by atoms with Crippen molar-refractivity contribution in [3.63, 3.8) is 0 Å². The summed E-state index contributed by atoms with van der Waals surface area (Å²) in [4.78, 5) is 24.0. The van der Waals surface area contributed by atoms with Gasteiger partial charge in [-0.15, -0.1) is 0 Å². The monoisotopic (exact) mass is 405 g/mol. The molecule has 0 spiro atoms. The van der Waals surface area contributed by atoms with Crippen molar-refractivity contribution in [3.05, 3.63) is 89.7 Å². The SMILES string of the molecule is CC(C)(C)OC(=O)c1cccn1C(CC=O)c1ccc(OCc2ccccc2)cc1. The molecule has 0 aliphatic rings. The van der Waals surface area contributed by atoms with E-state index in [-0.39, 0.29) is 12.5 Å². The number of carbonyl (C=O) groups is 2. The average molecular weight is 405 g/mol. The van der Waals surface area contributed by atoms with Crippen LogP contribution in [0.1, 0.15) is 54.8 Å². The number of nitrogens with zero attached hydrogens (tertiary/aromatic N) is 1. The van der Waals surface area contributed by atoms with Crippen LogP contribution in [0.5, 0.6) is 5.75 Å². The molecule has 5 nitrogen and oxygen atoms in total. The molecule has 5 heteroatoms. The second-order valence-electron chi connectivity index (χ2n) is 8.06. The van der Waals surface area contributed by atoms with Crippen LogP contribution in [0.4, 0.5) is 0 Å². The van der Waals surface area contributed by atoms with Crippen LogP contribution in [-0.2, 0) is 16.1 Å². The highest BCUT2D eigenvalue weighted by Gasteiger charge is 2.24. The molecule has 3 aromatic rings. The topological polar surface area (TPSA) is 57.5 Å². The molecule has 1 heterocycles. The van der Waals surface area contributed by atoms with E-state index in [4.69, 9.17) is 9.47 Å². The first kappa shape index (κ1) is 21.4. The van der Waals surface area contributed by atoms with E-state index >= 15 is 0 Å². The Morgan fingerprint density at radius 3 is 2.33 bits per heavy atom. The summed E-state index contributed by atoms with van der Waals surface area (Å²) in [5.41, 5.74) is 1.83. The maximum absolute atomic E-state index is 12.6. The Bertz CT molecular complexity index is 968. The second-order valence-corrected chi connectivity index (χ2v) is 8.06. The van der Waals surface area contributed by atoms with Gasteiger partial charge in [-0.2, -0.15) is 0 Å². The van der Waals surface area contributed by atoms with E-state index < -0.39 is 11.6 Å². The Kier molecular flexibility index (Phi) is 6.72. The molecule has 1 aromatic heterocycles. The summed E-state index contributed by atoms with van der Waals surface area (Å²) in [6, 6.07) is 20.8. The number of hydrogen-bond donors (Lipinski definition) is 0. The van der Waals surface area contributed by atoms with Gasteiger partial charge in [-0.25, -0.2) is 4.79 Å². The van der Waals surface area contributed by atoms with Crippen molar-refractivity contribution in [1.82, 2.24) is 4.57 Å². The molecule has 156 valence electrons. The van der Waals surface area contributed by atoms with E-state index in [0.717, 1.165) is 23.2 Å². The van der Waals surface area contributed by atoms with Gasteiger partial charge >= 0.3 is 5.97 Å². The van der Waals surface area contributed by atoms with E-state index in [0.29, 0.717) is 12.3 Å². The Labute approximate surface area is 177 Å². The molecular formula is C25H27NO4. The molecule has 0 radical (unpaired) electrons. The van der Waals surface area contributed by atoms with E-state index in [1.165, 1.54) is 0 Å². The smallest absolute Gasteiger partial charge is 0.355 e. The number of hydrogen-bond acceptors (Lipinski definition) is 4. The van der Waals surface area contributed by atoms with Gasteiger partial charge < -0.3 is 18.8 Å². The number of ether oxygens (including phenoxy) is 2. The Hall–Kier alpha value is -3.34. The zero-order valence-electron chi connectivity index (χ0n) is 17.6. The van der Waals surface area contributed by atoms with Gasteiger partial charge in [0.2, 0.25) is 0 Å². The Morgan fingerprint density at radius 2 is 1.70 bits per heavy atom. The zero-order valence-corrected chi connectivity index (χ0v) is 17.6. The summed E-state index contributed by atoms with van der Waals surface area (Å²) in [5, 5.41) is 0. The fraction of sp³-hybridized carbons (Fsp3) is 0.280. The molecule has 0 aliphatic carbocycles. The lowest BCUT2D eigenvalue weighted by atomic mass is 10.0. The summed E-state index contributed by atoms with van der Waals surface area (Å²) >= 11 is 0. The van der Waals surface area contributed by atoms with E-state index in [9.17, 15) is 9.59 Å². The number of benzene rings is 2. The summed E-state index contributed by atoms with van der Waals surface area (Å²) in [6.07, 6.45) is 2.91. The van der Waals surface area contributed by atoms with E-state index in [1.54, 1.807) is 22.9 Å². The highest BCUT2D eigenvalue weighted by Crippen LogP contribution is 2.27. The number of esters is 1. The summed E-state index contributed by atoms with van der Waals surface area (Å²) < 4.78 is 13.1. The molecule has 0 bridgehead atoms. The molecule has 0 N–H and O–H groups in total. The largest absolute Gasteiger partial charge is 0.489 e. The molecular weight excluding hydrogens is 378 g/mol. The number of aldehydes is 1. The maximum Gasteiger partial charge on any atom is 0.355 e. The van der Waals surface area contributed by atoms with Crippen molar-refractivity contribution in [2.75, 3.05) is 0 Å². The van der Waals surface area contributed by atoms with Crippen molar-refractivity contribution in [3.8, 4) is 5.75 Å². The third-order valence-electron chi connectivity index (χ3n) is 4.56. The van der Waals surface area contributed by atoms with Gasteiger partial charge in [0, 0.05) is 12.6 Å². The van der Waals surface area contributed by atoms with Crippen LogP contribution in [0.15, 0.2) is 72.9 Å². The van der Waals surface area contributed by atoms with Crippen LogP contribution in [-0.4, -0.2) is 22.4 Å². The van der Waals surface area contributed by atoms with Gasteiger partial charge in [0.1, 0.15) is 29.9 Å². The van der Waals surface area contributed by atoms with Gasteiger partial charge in [0.15, 0.2) is 0 Å². The first-order chi connectivity index (χ1) is 14.4. The number of rotatable bonds is 8. The lowest BCUT2D eigenvalue weighted by molar-refractivity contribution is -0.108. The highest BCUT2D eigenvalue weighted by molar-refractivity contribution is 5.88. The van der Waals surface area contributed by atoms with Crippen LogP contribution in [0, 0.1) is 0 Å². The molecule has 1 unspecified atom stereocenters. The molecule has 0 fully saturated rings. The van der Waals surface area contributed by atoms with Crippen LogP contribution >= 0.6 is 0 Å². The Balaban J connectivity index is 1.78. The molecule has 2 aromatic carbocycles. The lowest BCUT2D eigenvalue weighted by Gasteiger charge is -2.23. The number of carbonyl (C=O) groups excluding carboxylic acids is 2. The quantitative estimate of drug-likeness (QED) is 0.382. The molecule has 0 amide bonds. The molecule has 0 aliphatic heterocycles. The molecule has 0 saturated heterocycles. The minimum atomic E-state index is -0.593. The highest BCUT2D eigenvalue weighted by atomic mass is 16.6. The van der Waals surface area contributed by atoms with E-state index in [2.05, 4.69) is 0 Å². The fourth-order valence-corrected chi connectivity index (χ4v) is 3.20. The molecule has 30 heavy (non-hydrogen) atoms. The molecule has 3 rings (SSSR count). The van der Waals surface area contributed by atoms with Crippen LogP contribution in [0.25, 0.3) is 0 Å². The van der Waals surface area contributed by atoms with E-state index in [1.807, 2.05) is 75.4 Å². The predicted octanol–water partition coefficient (Wildman–Crippen LogP) is 5.20. The average Bonchev–Trinajstić information content (AvgIpc) is 3.20. The third kappa shape index (κ3) is 5.60. The van der Waals surface area contributed by atoms with Crippen molar-refractivity contribution in [1.29, 1.82) is 0 Å². The number of aromatic nitrogens is 1. The van der Waals surface area contributed by atoms with Gasteiger partial charge in [-0.3, -0.25) is 0 Å². The zero-order chi connectivity index (χ0) is 21.6. The minimum absolute atomic E-state index is 0.245. The summed E-state index contributed by atoms with van der Waals surface area (Å²) in [6.45, 7) is 5.97. The first-order valence-electron chi connectivity index (χ1n) is 9.98. The van der Waals surface area contributed by atoms with Gasteiger partial charge in [0.05, 0.1) is 6.04 Å². The second kappa shape index (κ2) is 9.44. The minimum Gasteiger partial charge on any atom is -0.489 e. The maximum atomic E-state index is 12.6. The Morgan fingerprint density at radius 1 is 1.00 bits per heavy atom. The fourth-order valence-electron chi connectivity index (χ4n) is 3.20. The van der Waals surface area contributed by atoms with Gasteiger partial charge in [-0.1, -0.05) is 42.5 Å². The van der Waals surface area contributed by atoms with Crippen molar-refractivity contribution < 1.29 is 19.1 Å². The first-order valence-corrected chi connectivity index (χ1v) is 9.98. The van der Waals surface area contributed by atoms with Gasteiger partial charge in [0.25, 0.3) is 0 Å². The predicted molar refractivity (Wildman–Crippen MR) is 116 cm³/mol. The standard InChI is InChI=1S/C25H27NO4/c1-25(2,3)30-24(28)23-10-7-16-26(23)22(15-17-27)20-11-13-21(14-12-20)29-18-19-8-5-4-6-9-19/h4-14,16-17,22H,15,18H2,1-3H3. The summed E-state index contributed by atoms with van der Waals surface area (Å²) in [5.74, 6) is 0.332. The molecule has 1 atom stereocenters. The van der Waals surface area contributed by atoms with Crippen molar-refractivity contribution >= 4 is 12.3 Å². The third-order valence-corrected chi connectivity index (χ3v) is 4.56. The van der Waals surface area contributed by atoms with Gasteiger partial charge in [-0.05, 0) is 56.2 Å². The summed E-state index contributed by atoms with van der Waals surface area (Å²) in [7, 11) is 0. The van der Waals surface area contributed by atoms with Crippen molar-refractivity contribution in [2.24, 2.45) is 0 Å². The van der Waals surface area contributed by atoms with Crippen LogP contribution in [0.2, 0.25) is 0 Å². The van der Waals surface area contributed by atoms with Crippen LogP contribution in [0.3, 0.4) is 0 Å². The lowest BCUT2D eigenvalue weighted by Crippen LogP contribution is -2.26. The van der Waals surface area contributed by atoms with Crippen LogP contribution < -0.4 is 4.74 Å².